The number of anilines is 1. The van der Waals surface area contributed by atoms with Crippen LogP contribution in [-0.2, 0) is 6.61 Å². The van der Waals surface area contributed by atoms with Crippen molar-refractivity contribution in [3.05, 3.63) is 35.7 Å². The first kappa shape index (κ1) is 11.6. The lowest BCUT2D eigenvalue weighted by atomic mass is 10.2. The molecule has 5 nitrogen and oxygen atoms in total. The summed E-state index contributed by atoms with van der Waals surface area (Å²) in [5, 5.41) is 17.0. The molecule has 1 N–H and O–H groups in total. The van der Waals surface area contributed by atoms with Gasteiger partial charge in [-0.05, 0) is 31.2 Å². The second-order valence-corrected chi connectivity index (χ2v) is 4.10. The Morgan fingerprint density at radius 1 is 1.24 bits per heavy atom. The average molecular weight is 232 g/mol. The highest BCUT2D eigenvalue weighted by Gasteiger charge is 2.08. The largest absolute Gasteiger partial charge is 0.390 e. The third kappa shape index (κ3) is 2.14. The van der Waals surface area contributed by atoms with Crippen LogP contribution in [0.3, 0.4) is 0 Å². The summed E-state index contributed by atoms with van der Waals surface area (Å²) in [5.74, 6) is 0. The van der Waals surface area contributed by atoms with Gasteiger partial charge in [0.25, 0.3) is 0 Å². The van der Waals surface area contributed by atoms with Gasteiger partial charge in [-0.25, -0.2) is 4.68 Å². The van der Waals surface area contributed by atoms with Crippen LogP contribution in [0.25, 0.3) is 5.69 Å². The molecule has 2 rings (SSSR count). The molecule has 0 fully saturated rings. The van der Waals surface area contributed by atoms with Crippen molar-refractivity contribution >= 4 is 5.69 Å². The Morgan fingerprint density at radius 2 is 1.88 bits per heavy atom. The fraction of sp³-hybridized carbons (Fsp3) is 0.333. The molecule has 0 aliphatic heterocycles. The van der Waals surface area contributed by atoms with E-state index in [4.69, 9.17) is 5.11 Å². The smallest absolute Gasteiger partial charge is 0.111 e. The number of benzene rings is 1. The predicted molar refractivity (Wildman–Crippen MR) is 66.3 cm³/mol. The third-order valence-electron chi connectivity index (χ3n) is 2.75. The fourth-order valence-corrected chi connectivity index (χ4v) is 1.64. The number of hydrogen-bond acceptors (Lipinski definition) is 4. The van der Waals surface area contributed by atoms with Crippen molar-refractivity contribution in [1.82, 2.24) is 15.0 Å². The molecule has 0 amide bonds. The van der Waals surface area contributed by atoms with Crippen molar-refractivity contribution in [2.24, 2.45) is 0 Å². The quantitative estimate of drug-likeness (QED) is 0.862. The molecule has 0 spiro atoms. The van der Waals surface area contributed by atoms with Crippen molar-refractivity contribution in [2.75, 3.05) is 19.0 Å². The summed E-state index contributed by atoms with van der Waals surface area (Å²) in [6.07, 6.45) is 0. The van der Waals surface area contributed by atoms with Crippen molar-refractivity contribution in [3.8, 4) is 5.69 Å². The predicted octanol–water partition coefficient (Wildman–Crippen LogP) is 1.13. The standard InChI is InChI=1S/C12H16N4O/c1-9-12(8-17)13-14-16(9)11-6-4-10(5-7-11)15(2)3/h4-7,17H,8H2,1-3H3. The van der Waals surface area contributed by atoms with Crippen LogP contribution >= 0.6 is 0 Å². The lowest BCUT2D eigenvalue weighted by Gasteiger charge is -2.12. The Hall–Kier alpha value is -1.88. The normalized spacial score (nSPS) is 10.6. The molecule has 0 aliphatic carbocycles. The molecule has 0 saturated heterocycles. The van der Waals surface area contributed by atoms with E-state index in [1.807, 2.05) is 50.2 Å². The highest BCUT2D eigenvalue weighted by atomic mass is 16.3. The molecule has 17 heavy (non-hydrogen) atoms. The van der Waals surface area contributed by atoms with Crippen LogP contribution < -0.4 is 4.90 Å². The lowest BCUT2D eigenvalue weighted by molar-refractivity contribution is 0.276. The zero-order chi connectivity index (χ0) is 12.4. The second-order valence-electron chi connectivity index (χ2n) is 4.10. The maximum atomic E-state index is 9.07. The van der Waals surface area contributed by atoms with Crippen LogP contribution in [0.2, 0.25) is 0 Å². The summed E-state index contributed by atoms with van der Waals surface area (Å²) in [6, 6.07) is 8.01. The molecule has 1 aromatic heterocycles. The van der Waals surface area contributed by atoms with Gasteiger partial charge in [-0.2, -0.15) is 0 Å². The minimum Gasteiger partial charge on any atom is -0.390 e. The summed E-state index contributed by atoms with van der Waals surface area (Å²) in [7, 11) is 4.00. The summed E-state index contributed by atoms with van der Waals surface area (Å²) < 4.78 is 1.73. The van der Waals surface area contributed by atoms with Crippen molar-refractivity contribution in [1.29, 1.82) is 0 Å². The highest BCUT2D eigenvalue weighted by Crippen LogP contribution is 2.16. The molecule has 0 aliphatic rings. The molecule has 1 heterocycles. The van der Waals surface area contributed by atoms with E-state index < -0.39 is 0 Å². The Kier molecular flexibility index (Phi) is 3.10. The SMILES string of the molecule is Cc1c(CO)nnn1-c1ccc(N(C)C)cc1. The lowest BCUT2D eigenvalue weighted by Crippen LogP contribution is -2.08. The first-order chi connectivity index (χ1) is 8.13. The van der Waals surface area contributed by atoms with Crippen molar-refractivity contribution < 1.29 is 5.11 Å². The van der Waals surface area contributed by atoms with E-state index in [1.165, 1.54) is 0 Å². The van der Waals surface area contributed by atoms with Crippen molar-refractivity contribution in [2.45, 2.75) is 13.5 Å². The highest BCUT2D eigenvalue weighted by molar-refractivity contribution is 5.49. The van der Waals surface area contributed by atoms with Gasteiger partial charge in [-0.15, -0.1) is 5.10 Å². The topological polar surface area (TPSA) is 54.2 Å². The molecule has 0 unspecified atom stereocenters. The Labute approximate surface area is 100 Å². The molecule has 90 valence electrons. The molecule has 0 bridgehead atoms. The molecule has 2 aromatic rings. The van der Waals surface area contributed by atoms with Crippen LogP contribution in [-0.4, -0.2) is 34.2 Å². The average Bonchev–Trinajstić information content (AvgIpc) is 2.70. The van der Waals surface area contributed by atoms with Gasteiger partial charge in [0.15, 0.2) is 0 Å². The Morgan fingerprint density at radius 3 is 2.35 bits per heavy atom. The first-order valence-corrected chi connectivity index (χ1v) is 5.43. The Balaban J connectivity index is 2.36. The van der Waals surface area contributed by atoms with E-state index >= 15 is 0 Å². The van der Waals surface area contributed by atoms with Gasteiger partial charge in [-0.1, -0.05) is 5.21 Å². The van der Waals surface area contributed by atoms with E-state index in [1.54, 1.807) is 4.68 Å². The van der Waals surface area contributed by atoms with Crippen molar-refractivity contribution in [3.63, 3.8) is 0 Å². The van der Waals surface area contributed by atoms with Gasteiger partial charge in [0.05, 0.1) is 18.0 Å². The van der Waals surface area contributed by atoms with E-state index in [2.05, 4.69) is 10.3 Å². The minimum atomic E-state index is -0.0817. The number of aliphatic hydroxyl groups excluding tert-OH is 1. The third-order valence-corrected chi connectivity index (χ3v) is 2.75. The van der Waals surface area contributed by atoms with Crippen LogP contribution in [0.15, 0.2) is 24.3 Å². The summed E-state index contributed by atoms with van der Waals surface area (Å²) in [6.45, 7) is 1.81. The first-order valence-electron chi connectivity index (χ1n) is 5.43. The van der Waals surface area contributed by atoms with Crippen LogP contribution in [0.4, 0.5) is 5.69 Å². The van der Waals surface area contributed by atoms with E-state index in [0.29, 0.717) is 5.69 Å². The van der Waals surface area contributed by atoms with Gasteiger partial charge in [0.1, 0.15) is 5.69 Å². The molecule has 5 heteroatoms. The maximum Gasteiger partial charge on any atom is 0.111 e. The zero-order valence-electron chi connectivity index (χ0n) is 10.3. The number of nitrogens with zero attached hydrogens (tertiary/aromatic N) is 4. The number of aromatic nitrogens is 3. The number of hydrogen-bond donors (Lipinski definition) is 1. The van der Waals surface area contributed by atoms with E-state index in [-0.39, 0.29) is 6.61 Å². The molecule has 0 radical (unpaired) electrons. The number of rotatable bonds is 3. The van der Waals surface area contributed by atoms with Gasteiger partial charge >= 0.3 is 0 Å². The van der Waals surface area contributed by atoms with Crippen LogP contribution in [0.5, 0.6) is 0 Å². The molecule has 0 atom stereocenters. The van der Waals surface area contributed by atoms with Gasteiger partial charge in [-0.3, -0.25) is 0 Å². The summed E-state index contributed by atoms with van der Waals surface area (Å²) in [5.41, 5.74) is 3.56. The monoisotopic (exact) mass is 232 g/mol. The number of aliphatic hydroxyl groups is 1. The second kappa shape index (κ2) is 4.55. The summed E-state index contributed by atoms with van der Waals surface area (Å²) in [4.78, 5) is 2.04. The van der Waals surface area contributed by atoms with Gasteiger partial charge in [0, 0.05) is 19.8 Å². The van der Waals surface area contributed by atoms with E-state index in [9.17, 15) is 0 Å². The minimum absolute atomic E-state index is 0.0817. The maximum absolute atomic E-state index is 9.07. The summed E-state index contributed by atoms with van der Waals surface area (Å²) >= 11 is 0. The zero-order valence-corrected chi connectivity index (χ0v) is 10.3. The van der Waals surface area contributed by atoms with E-state index in [0.717, 1.165) is 17.1 Å². The Bertz CT molecular complexity index is 502. The molecular formula is C12H16N4O. The molecule has 1 aromatic carbocycles. The van der Waals surface area contributed by atoms with Crippen LogP contribution in [0, 0.1) is 6.92 Å². The molecular weight excluding hydrogens is 216 g/mol. The van der Waals surface area contributed by atoms with Crippen LogP contribution in [0.1, 0.15) is 11.4 Å². The fourth-order valence-electron chi connectivity index (χ4n) is 1.64. The van der Waals surface area contributed by atoms with Gasteiger partial charge < -0.3 is 10.0 Å². The van der Waals surface area contributed by atoms with Gasteiger partial charge in [0.2, 0.25) is 0 Å². The molecule has 0 saturated carbocycles.